The molecule has 96 valence electrons. The fourth-order valence-electron chi connectivity index (χ4n) is 1.55. The summed E-state index contributed by atoms with van der Waals surface area (Å²) in [5.74, 6) is 0.189. The molecular weight excluding hydrogens is 250 g/mol. The highest BCUT2D eigenvalue weighted by molar-refractivity contribution is 7.18. The standard InChI is InChI=1S/C13H15NO3S/c1-8(2)13-14-12-9(17-7-6-11(15)16)4-3-5-10(12)18-13/h3-5,8H,6-7H2,1-2H3,(H,15,16). The van der Waals surface area contributed by atoms with Gasteiger partial charge in [0.25, 0.3) is 0 Å². The molecule has 0 bridgehead atoms. The highest BCUT2D eigenvalue weighted by atomic mass is 32.1. The summed E-state index contributed by atoms with van der Waals surface area (Å²) >= 11 is 1.65. The highest BCUT2D eigenvalue weighted by Gasteiger charge is 2.11. The first kappa shape index (κ1) is 12.8. The Bertz CT molecular complexity index is 562. The number of aromatic nitrogens is 1. The maximum absolute atomic E-state index is 10.5. The van der Waals surface area contributed by atoms with Gasteiger partial charge in [0.1, 0.15) is 11.3 Å². The number of fused-ring (bicyclic) bond motifs is 1. The number of carboxylic acids is 1. The minimum absolute atomic E-state index is 0.00242. The zero-order chi connectivity index (χ0) is 13.1. The van der Waals surface area contributed by atoms with Crippen molar-refractivity contribution in [2.45, 2.75) is 26.2 Å². The Balaban J connectivity index is 2.24. The van der Waals surface area contributed by atoms with Gasteiger partial charge >= 0.3 is 5.97 Å². The lowest BCUT2D eigenvalue weighted by atomic mass is 10.2. The number of benzene rings is 1. The maximum atomic E-state index is 10.5. The molecule has 0 aliphatic carbocycles. The van der Waals surface area contributed by atoms with Crippen LogP contribution in [-0.4, -0.2) is 22.7 Å². The number of hydrogen-bond donors (Lipinski definition) is 1. The van der Waals surface area contributed by atoms with E-state index in [2.05, 4.69) is 18.8 Å². The van der Waals surface area contributed by atoms with Gasteiger partial charge in [-0.15, -0.1) is 11.3 Å². The molecule has 2 aromatic rings. The van der Waals surface area contributed by atoms with Crippen molar-refractivity contribution in [1.82, 2.24) is 4.98 Å². The Morgan fingerprint density at radius 1 is 1.50 bits per heavy atom. The van der Waals surface area contributed by atoms with Gasteiger partial charge in [-0.2, -0.15) is 0 Å². The molecule has 1 aromatic heterocycles. The summed E-state index contributed by atoms with van der Waals surface area (Å²) in [7, 11) is 0. The first-order chi connectivity index (χ1) is 8.58. The van der Waals surface area contributed by atoms with Crippen LogP contribution in [0, 0.1) is 0 Å². The van der Waals surface area contributed by atoms with E-state index in [1.165, 1.54) is 0 Å². The average Bonchev–Trinajstić information content (AvgIpc) is 2.73. The fraction of sp³-hybridized carbons (Fsp3) is 0.385. The number of thiazole rings is 1. The number of carbonyl (C=O) groups is 1. The number of para-hydroxylation sites is 1. The molecule has 0 fully saturated rings. The van der Waals surface area contributed by atoms with E-state index in [-0.39, 0.29) is 13.0 Å². The van der Waals surface area contributed by atoms with E-state index in [1.807, 2.05) is 18.2 Å². The van der Waals surface area contributed by atoms with Crippen molar-refractivity contribution in [2.24, 2.45) is 0 Å². The number of hydrogen-bond acceptors (Lipinski definition) is 4. The fourth-order valence-corrected chi connectivity index (χ4v) is 2.54. The third kappa shape index (κ3) is 2.79. The molecule has 1 aromatic carbocycles. The second-order valence-corrected chi connectivity index (χ2v) is 5.36. The molecule has 0 unspecified atom stereocenters. The molecule has 5 heteroatoms. The van der Waals surface area contributed by atoms with Crippen LogP contribution in [0.2, 0.25) is 0 Å². The Morgan fingerprint density at radius 2 is 2.28 bits per heavy atom. The Morgan fingerprint density at radius 3 is 2.94 bits per heavy atom. The summed E-state index contributed by atoms with van der Waals surface area (Å²) in [4.78, 5) is 15.0. The van der Waals surface area contributed by atoms with E-state index in [9.17, 15) is 4.79 Å². The average molecular weight is 265 g/mol. The van der Waals surface area contributed by atoms with Crippen LogP contribution in [0.25, 0.3) is 10.2 Å². The predicted octanol–water partition coefficient (Wildman–Crippen LogP) is 3.27. The number of ether oxygens (including phenoxy) is 1. The Labute approximate surface area is 109 Å². The smallest absolute Gasteiger partial charge is 0.306 e. The molecule has 0 saturated carbocycles. The molecular formula is C13H15NO3S. The lowest BCUT2D eigenvalue weighted by Gasteiger charge is -2.04. The molecule has 4 nitrogen and oxygen atoms in total. The van der Waals surface area contributed by atoms with E-state index in [0.717, 1.165) is 15.2 Å². The number of nitrogens with zero attached hydrogens (tertiary/aromatic N) is 1. The zero-order valence-electron chi connectivity index (χ0n) is 10.3. The summed E-state index contributed by atoms with van der Waals surface area (Å²) in [5.41, 5.74) is 0.830. The van der Waals surface area contributed by atoms with Gasteiger partial charge in [-0.05, 0) is 12.1 Å². The van der Waals surface area contributed by atoms with Crippen molar-refractivity contribution in [1.29, 1.82) is 0 Å². The van der Waals surface area contributed by atoms with Crippen LogP contribution in [0.15, 0.2) is 18.2 Å². The minimum atomic E-state index is -0.858. The van der Waals surface area contributed by atoms with Crippen molar-refractivity contribution >= 4 is 27.5 Å². The summed E-state index contributed by atoms with van der Waals surface area (Å²) in [6.07, 6.45) is -0.00242. The molecule has 2 rings (SSSR count). The van der Waals surface area contributed by atoms with Crippen LogP contribution in [0.5, 0.6) is 5.75 Å². The van der Waals surface area contributed by atoms with Crippen LogP contribution >= 0.6 is 11.3 Å². The molecule has 0 radical (unpaired) electrons. The number of rotatable bonds is 5. The third-order valence-electron chi connectivity index (χ3n) is 2.47. The molecule has 0 saturated heterocycles. The molecule has 18 heavy (non-hydrogen) atoms. The van der Waals surface area contributed by atoms with Gasteiger partial charge < -0.3 is 9.84 Å². The molecule has 1 heterocycles. The van der Waals surface area contributed by atoms with Gasteiger partial charge in [0.05, 0.1) is 22.7 Å². The molecule has 0 atom stereocenters. The Hall–Kier alpha value is -1.62. The number of carboxylic acid groups (broad SMARTS) is 1. The largest absolute Gasteiger partial charge is 0.491 e. The summed E-state index contributed by atoms with van der Waals surface area (Å²) in [5, 5.41) is 9.66. The van der Waals surface area contributed by atoms with Gasteiger partial charge in [-0.1, -0.05) is 19.9 Å². The second-order valence-electron chi connectivity index (χ2n) is 4.30. The van der Waals surface area contributed by atoms with Gasteiger partial charge in [0.2, 0.25) is 0 Å². The monoisotopic (exact) mass is 265 g/mol. The molecule has 1 N–H and O–H groups in total. The van der Waals surface area contributed by atoms with E-state index < -0.39 is 5.97 Å². The van der Waals surface area contributed by atoms with Gasteiger partial charge in [-0.3, -0.25) is 4.79 Å². The van der Waals surface area contributed by atoms with Gasteiger partial charge in [0, 0.05) is 5.92 Å². The van der Waals surface area contributed by atoms with Crippen molar-refractivity contribution < 1.29 is 14.6 Å². The maximum Gasteiger partial charge on any atom is 0.306 e. The lowest BCUT2D eigenvalue weighted by molar-refractivity contribution is -0.137. The van der Waals surface area contributed by atoms with Crippen molar-refractivity contribution in [3.63, 3.8) is 0 Å². The summed E-state index contributed by atoms with van der Waals surface area (Å²) < 4.78 is 6.56. The van der Waals surface area contributed by atoms with E-state index in [0.29, 0.717) is 11.7 Å². The highest BCUT2D eigenvalue weighted by Crippen LogP contribution is 2.32. The van der Waals surface area contributed by atoms with E-state index in [4.69, 9.17) is 9.84 Å². The van der Waals surface area contributed by atoms with Crippen molar-refractivity contribution in [3.05, 3.63) is 23.2 Å². The summed E-state index contributed by atoms with van der Waals surface area (Å²) in [6, 6.07) is 5.73. The van der Waals surface area contributed by atoms with Crippen LogP contribution in [0.3, 0.4) is 0 Å². The molecule has 0 aliphatic rings. The normalized spacial score (nSPS) is 11.1. The molecule has 0 amide bonds. The Kier molecular flexibility index (Phi) is 3.81. The van der Waals surface area contributed by atoms with Crippen LogP contribution in [0.4, 0.5) is 0 Å². The third-order valence-corrected chi connectivity index (χ3v) is 3.79. The molecule has 0 spiro atoms. The quantitative estimate of drug-likeness (QED) is 0.901. The molecule has 0 aliphatic heterocycles. The predicted molar refractivity (Wildman–Crippen MR) is 71.5 cm³/mol. The SMILES string of the molecule is CC(C)c1nc2c(OCCC(=O)O)cccc2s1. The lowest BCUT2D eigenvalue weighted by Crippen LogP contribution is -2.04. The topological polar surface area (TPSA) is 59.4 Å². The zero-order valence-corrected chi connectivity index (χ0v) is 11.2. The van der Waals surface area contributed by atoms with Crippen LogP contribution in [0.1, 0.15) is 31.2 Å². The summed E-state index contributed by atoms with van der Waals surface area (Å²) in [6.45, 7) is 4.37. The minimum Gasteiger partial charge on any atom is -0.491 e. The number of aliphatic carboxylic acids is 1. The van der Waals surface area contributed by atoms with Crippen LogP contribution < -0.4 is 4.74 Å². The van der Waals surface area contributed by atoms with Gasteiger partial charge in [-0.25, -0.2) is 4.98 Å². The first-order valence-corrected chi connectivity index (χ1v) is 6.63. The second kappa shape index (κ2) is 5.35. The first-order valence-electron chi connectivity index (χ1n) is 5.82. The van der Waals surface area contributed by atoms with Crippen molar-refractivity contribution in [2.75, 3.05) is 6.61 Å². The van der Waals surface area contributed by atoms with E-state index in [1.54, 1.807) is 11.3 Å². The van der Waals surface area contributed by atoms with Crippen LogP contribution in [-0.2, 0) is 4.79 Å². The van der Waals surface area contributed by atoms with Crippen molar-refractivity contribution in [3.8, 4) is 5.75 Å². The van der Waals surface area contributed by atoms with E-state index >= 15 is 0 Å². The van der Waals surface area contributed by atoms with Gasteiger partial charge in [0.15, 0.2) is 0 Å².